The second kappa shape index (κ2) is 6.65. The van der Waals surface area contributed by atoms with Crippen molar-refractivity contribution in [1.82, 2.24) is 9.55 Å². The van der Waals surface area contributed by atoms with Crippen molar-refractivity contribution in [3.05, 3.63) is 59.9 Å². The molecule has 1 N–H and O–H groups in total. The van der Waals surface area contributed by atoms with Crippen molar-refractivity contribution < 1.29 is 8.42 Å². The Morgan fingerprint density at radius 1 is 1.04 bits per heavy atom. The Kier molecular flexibility index (Phi) is 4.57. The number of imidazole rings is 1. The van der Waals surface area contributed by atoms with Gasteiger partial charge < -0.3 is 4.57 Å². The zero-order valence-electron chi connectivity index (χ0n) is 13.9. The molecule has 0 bridgehead atoms. The van der Waals surface area contributed by atoms with E-state index in [4.69, 9.17) is 0 Å². The minimum absolute atomic E-state index is 0.0709. The molecule has 0 radical (unpaired) electrons. The first kappa shape index (κ1) is 16.5. The number of sulfonamides is 1. The number of benzene rings is 2. The predicted octanol–water partition coefficient (Wildman–Crippen LogP) is 3.12. The molecule has 5 nitrogen and oxygen atoms in total. The predicted molar refractivity (Wildman–Crippen MR) is 97.6 cm³/mol. The van der Waals surface area contributed by atoms with E-state index in [1.54, 1.807) is 19.1 Å². The van der Waals surface area contributed by atoms with Crippen molar-refractivity contribution in [2.24, 2.45) is 7.05 Å². The SMILES string of the molecule is CCS(=O)(=O)Nc1ccc(CCc2nc3ccccc3n2C)cc1. The highest BCUT2D eigenvalue weighted by Gasteiger charge is 2.08. The third-order valence-electron chi connectivity index (χ3n) is 4.12. The summed E-state index contributed by atoms with van der Waals surface area (Å²) in [5.41, 5.74) is 3.90. The second-order valence-electron chi connectivity index (χ2n) is 5.78. The summed E-state index contributed by atoms with van der Waals surface area (Å²) in [5, 5.41) is 0. The molecule has 1 aromatic heterocycles. The molecule has 126 valence electrons. The number of aryl methyl sites for hydroxylation is 3. The molecule has 0 atom stereocenters. The lowest BCUT2D eigenvalue weighted by molar-refractivity contribution is 0.602. The first-order valence-corrected chi connectivity index (χ1v) is 9.63. The normalized spacial score (nSPS) is 11.8. The van der Waals surface area contributed by atoms with Gasteiger partial charge in [-0.3, -0.25) is 4.72 Å². The molecule has 3 rings (SSSR count). The number of nitrogens with zero attached hydrogens (tertiary/aromatic N) is 2. The van der Waals surface area contributed by atoms with Gasteiger partial charge in [0, 0.05) is 19.2 Å². The van der Waals surface area contributed by atoms with Crippen molar-refractivity contribution in [1.29, 1.82) is 0 Å². The lowest BCUT2D eigenvalue weighted by atomic mass is 10.1. The van der Waals surface area contributed by atoms with Crippen molar-refractivity contribution >= 4 is 26.7 Å². The topological polar surface area (TPSA) is 64.0 Å². The molecule has 0 spiro atoms. The minimum atomic E-state index is -3.22. The van der Waals surface area contributed by atoms with Gasteiger partial charge in [0.1, 0.15) is 5.82 Å². The Bertz CT molecular complexity index is 944. The van der Waals surface area contributed by atoms with E-state index in [-0.39, 0.29) is 5.75 Å². The smallest absolute Gasteiger partial charge is 0.232 e. The molecule has 0 aliphatic heterocycles. The maximum atomic E-state index is 11.6. The summed E-state index contributed by atoms with van der Waals surface area (Å²) in [4.78, 5) is 4.68. The van der Waals surface area contributed by atoms with Gasteiger partial charge >= 0.3 is 0 Å². The highest BCUT2D eigenvalue weighted by Crippen LogP contribution is 2.17. The third-order valence-corrected chi connectivity index (χ3v) is 5.43. The third kappa shape index (κ3) is 3.59. The van der Waals surface area contributed by atoms with E-state index in [9.17, 15) is 8.42 Å². The molecular weight excluding hydrogens is 322 g/mol. The molecule has 24 heavy (non-hydrogen) atoms. The molecule has 2 aromatic carbocycles. The van der Waals surface area contributed by atoms with Crippen LogP contribution in [0.2, 0.25) is 0 Å². The van der Waals surface area contributed by atoms with Gasteiger partial charge in [-0.2, -0.15) is 0 Å². The summed E-state index contributed by atoms with van der Waals surface area (Å²) < 4.78 is 27.8. The van der Waals surface area contributed by atoms with Crippen molar-refractivity contribution in [3.8, 4) is 0 Å². The standard InChI is InChI=1S/C18H21N3O2S/c1-3-24(22,23)20-15-11-8-14(9-12-15)10-13-18-19-16-6-4-5-7-17(16)21(18)2/h4-9,11-12,20H,3,10,13H2,1-2H3. The Balaban J connectivity index is 1.69. The van der Waals surface area contributed by atoms with Crippen LogP contribution >= 0.6 is 0 Å². The number of hydrogen-bond acceptors (Lipinski definition) is 3. The van der Waals surface area contributed by atoms with E-state index in [0.29, 0.717) is 5.69 Å². The fourth-order valence-electron chi connectivity index (χ4n) is 2.67. The van der Waals surface area contributed by atoms with Crippen LogP contribution in [-0.4, -0.2) is 23.7 Å². The Morgan fingerprint density at radius 3 is 2.42 bits per heavy atom. The first-order chi connectivity index (χ1) is 11.5. The van der Waals surface area contributed by atoms with E-state index in [1.165, 1.54) is 0 Å². The molecule has 0 saturated heterocycles. The monoisotopic (exact) mass is 343 g/mol. The summed E-state index contributed by atoms with van der Waals surface area (Å²) in [7, 11) is -1.19. The van der Waals surface area contributed by atoms with E-state index < -0.39 is 10.0 Å². The Labute approximate surface area is 142 Å². The van der Waals surface area contributed by atoms with Crippen molar-refractivity contribution in [2.45, 2.75) is 19.8 Å². The summed E-state index contributed by atoms with van der Waals surface area (Å²) >= 11 is 0. The molecular formula is C18H21N3O2S. The zero-order chi connectivity index (χ0) is 17.2. The molecule has 0 saturated carbocycles. The van der Waals surface area contributed by atoms with Crippen LogP contribution in [0.25, 0.3) is 11.0 Å². The highest BCUT2D eigenvalue weighted by molar-refractivity contribution is 7.92. The number of aromatic nitrogens is 2. The Hall–Kier alpha value is -2.34. The highest BCUT2D eigenvalue weighted by atomic mass is 32.2. The Morgan fingerprint density at radius 2 is 1.75 bits per heavy atom. The van der Waals surface area contributed by atoms with Gasteiger partial charge in [-0.25, -0.2) is 13.4 Å². The van der Waals surface area contributed by atoms with Gasteiger partial charge in [0.2, 0.25) is 10.0 Å². The number of rotatable bonds is 6. The molecule has 1 heterocycles. The first-order valence-electron chi connectivity index (χ1n) is 7.98. The van der Waals surface area contributed by atoms with Gasteiger partial charge in [0.05, 0.1) is 16.8 Å². The lowest BCUT2D eigenvalue weighted by Gasteiger charge is -2.07. The number of para-hydroxylation sites is 2. The van der Waals surface area contributed by atoms with E-state index in [2.05, 4.69) is 20.3 Å². The number of anilines is 1. The van der Waals surface area contributed by atoms with E-state index in [1.807, 2.05) is 37.4 Å². The van der Waals surface area contributed by atoms with E-state index >= 15 is 0 Å². The van der Waals surface area contributed by atoms with Crippen LogP contribution in [0.15, 0.2) is 48.5 Å². The molecule has 0 amide bonds. The molecule has 3 aromatic rings. The zero-order valence-corrected chi connectivity index (χ0v) is 14.7. The van der Waals surface area contributed by atoms with Crippen LogP contribution in [0.3, 0.4) is 0 Å². The van der Waals surface area contributed by atoms with Gasteiger partial charge in [-0.05, 0) is 43.2 Å². The maximum Gasteiger partial charge on any atom is 0.232 e. The fraction of sp³-hybridized carbons (Fsp3) is 0.278. The van der Waals surface area contributed by atoms with Gasteiger partial charge in [0.25, 0.3) is 0 Å². The van der Waals surface area contributed by atoms with Crippen LogP contribution in [-0.2, 0) is 29.9 Å². The molecule has 6 heteroatoms. The summed E-state index contributed by atoms with van der Waals surface area (Å²) in [6.07, 6.45) is 1.70. The quantitative estimate of drug-likeness (QED) is 0.748. The molecule has 0 aliphatic carbocycles. The van der Waals surface area contributed by atoms with Gasteiger partial charge in [-0.15, -0.1) is 0 Å². The average molecular weight is 343 g/mol. The second-order valence-corrected chi connectivity index (χ2v) is 7.79. The largest absolute Gasteiger partial charge is 0.331 e. The molecule has 0 aliphatic rings. The van der Waals surface area contributed by atoms with Crippen LogP contribution in [0, 0.1) is 0 Å². The maximum absolute atomic E-state index is 11.6. The van der Waals surface area contributed by atoms with Crippen LogP contribution in [0.1, 0.15) is 18.3 Å². The molecule has 0 unspecified atom stereocenters. The van der Waals surface area contributed by atoms with Crippen LogP contribution < -0.4 is 4.72 Å². The number of nitrogens with one attached hydrogen (secondary N) is 1. The van der Waals surface area contributed by atoms with Crippen molar-refractivity contribution in [2.75, 3.05) is 10.5 Å². The van der Waals surface area contributed by atoms with Gasteiger partial charge in [-0.1, -0.05) is 24.3 Å². The fourth-order valence-corrected chi connectivity index (χ4v) is 3.31. The lowest BCUT2D eigenvalue weighted by Crippen LogP contribution is -2.14. The van der Waals surface area contributed by atoms with Gasteiger partial charge in [0.15, 0.2) is 0 Å². The van der Waals surface area contributed by atoms with E-state index in [0.717, 1.165) is 35.3 Å². The van der Waals surface area contributed by atoms with Crippen LogP contribution in [0.4, 0.5) is 5.69 Å². The summed E-state index contributed by atoms with van der Waals surface area (Å²) in [6.45, 7) is 1.62. The number of fused-ring (bicyclic) bond motifs is 1. The summed E-state index contributed by atoms with van der Waals surface area (Å²) in [5.74, 6) is 1.12. The average Bonchev–Trinajstić information content (AvgIpc) is 2.90. The minimum Gasteiger partial charge on any atom is -0.331 e. The van der Waals surface area contributed by atoms with Crippen LogP contribution in [0.5, 0.6) is 0 Å². The summed E-state index contributed by atoms with van der Waals surface area (Å²) in [6, 6.07) is 15.6. The number of hydrogen-bond donors (Lipinski definition) is 1. The van der Waals surface area contributed by atoms with Crippen molar-refractivity contribution in [3.63, 3.8) is 0 Å². The molecule has 0 fully saturated rings.